The van der Waals surface area contributed by atoms with E-state index in [1.54, 1.807) is 13.2 Å². The molecule has 6 nitrogen and oxygen atoms in total. The molecule has 136 valence electrons. The third-order valence-electron chi connectivity index (χ3n) is 3.22. The minimum atomic E-state index is -0.473. The van der Waals surface area contributed by atoms with Crippen molar-refractivity contribution in [1.29, 1.82) is 0 Å². The lowest BCUT2D eigenvalue weighted by Crippen LogP contribution is -2.30. The third-order valence-corrected chi connectivity index (χ3v) is 3.22. The number of hydrogen-bond acceptors (Lipinski definition) is 4. The van der Waals surface area contributed by atoms with Crippen LogP contribution >= 0.6 is 12.4 Å². The van der Waals surface area contributed by atoms with Crippen molar-refractivity contribution in [3.8, 4) is 0 Å². The van der Waals surface area contributed by atoms with Crippen molar-refractivity contribution in [2.24, 2.45) is 5.41 Å². The second-order valence-corrected chi connectivity index (χ2v) is 6.45. The summed E-state index contributed by atoms with van der Waals surface area (Å²) in [5.41, 5.74) is 1.82. The van der Waals surface area contributed by atoms with E-state index in [-0.39, 0.29) is 30.8 Å². The molecule has 0 spiro atoms. The standard InChI is InChI=1S/C17H27N3O3.ClH/c1-12-6-7-13(19-16(22)17(2,3)4)10-14(12)20-15(21)11-18-8-9-23-5;/h6-7,10,18H,8-9,11H2,1-5H3,(H,19,22)(H,20,21);1H. The molecule has 0 bridgehead atoms. The van der Waals surface area contributed by atoms with Crippen molar-refractivity contribution in [3.05, 3.63) is 23.8 Å². The van der Waals surface area contributed by atoms with Crippen molar-refractivity contribution in [3.63, 3.8) is 0 Å². The summed E-state index contributed by atoms with van der Waals surface area (Å²) in [6.45, 7) is 8.84. The molecule has 7 heteroatoms. The molecule has 0 aliphatic heterocycles. The summed E-state index contributed by atoms with van der Waals surface area (Å²) in [6, 6.07) is 5.46. The normalized spacial score (nSPS) is 10.7. The lowest BCUT2D eigenvalue weighted by Gasteiger charge is -2.18. The van der Waals surface area contributed by atoms with E-state index < -0.39 is 5.41 Å². The minimum absolute atomic E-state index is 0. The molecule has 0 aliphatic carbocycles. The summed E-state index contributed by atoms with van der Waals surface area (Å²) in [7, 11) is 1.61. The number of rotatable bonds is 7. The Hall–Kier alpha value is -1.63. The number of hydrogen-bond donors (Lipinski definition) is 3. The number of methoxy groups -OCH3 is 1. The van der Waals surface area contributed by atoms with Gasteiger partial charge in [0.05, 0.1) is 13.2 Å². The smallest absolute Gasteiger partial charge is 0.238 e. The van der Waals surface area contributed by atoms with Gasteiger partial charge in [0.25, 0.3) is 0 Å². The second-order valence-electron chi connectivity index (χ2n) is 6.45. The van der Waals surface area contributed by atoms with Crippen LogP contribution in [0.1, 0.15) is 26.3 Å². The summed E-state index contributed by atoms with van der Waals surface area (Å²) >= 11 is 0. The van der Waals surface area contributed by atoms with Crippen LogP contribution in [0.4, 0.5) is 11.4 Å². The maximum absolute atomic E-state index is 12.0. The van der Waals surface area contributed by atoms with Gasteiger partial charge in [-0.3, -0.25) is 9.59 Å². The van der Waals surface area contributed by atoms with Gasteiger partial charge >= 0.3 is 0 Å². The van der Waals surface area contributed by atoms with Crippen molar-refractivity contribution >= 4 is 35.6 Å². The molecule has 0 radical (unpaired) electrons. The quantitative estimate of drug-likeness (QED) is 0.655. The largest absolute Gasteiger partial charge is 0.383 e. The first-order chi connectivity index (χ1) is 10.7. The molecule has 24 heavy (non-hydrogen) atoms. The highest BCUT2D eigenvalue weighted by atomic mass is 35.5. The van der Waals surface area contributed by atoms with Crippen molar-refractivity contribution in [2.75, 3.05) is 37.4 Å². The zero-order valence-corrected chi connectivity index (χ0v) is 15.8. The van der Waals surface area contributed by atoms with Crippen molar-refractivity contribution in [1.82, 2.24) is 5.32 Å². The number of benzene rings is 1. The highest BCUT2D eigenvalue weighted by molar-refractivity contribution is 5.97. The molecule has 0 aromatic heterocycles. The SMILES string of the molecule is COCCNCC(=O)Nc1cc(NC(=O)C(C)(C)C)ccc1C.Cl. The molecule has 3 N–H and O–H groups in total. The van der Waals surface area contributed by atoms with E-state index >= 15 is 0 Å². The predicted molar refractivity (Wildman–Crippen MR) is 99.9 cm³/mol. The molecule has 0 heterocycles. The molecular formula is C17H28ClN3O3. The summed E-state index contributed by atoms with van der Waals surface area (Å²) in [5, 5.41) is 8.69. The first-order valence-electron chi connectivity index (χ1n) is 7.65. The Bertz CT molecular complexity index is 557. The van der Waals surface area contributed by atoms with E-state index in [0.717, 1.165) is 5.56 Å². The number of halogens is 1. The topological polar surface area (TPSA) is 79.5 Å². The Morgan fingerprint density at radius 1 is 1.17 bits per heavy atom. The van der Waals surface area contributed by atoms with Crippen LogP contribution in [0.2, 0.25) is 0 Å². The fourth-order valence-electron chi connectivity index (χ4n) is 1.72. The maximum atomic E-state index is 12.0. The molecule has 0 saturated heterocycles. The van der Waals surface area contributed by atoms with Gasteiger partial charge in [-0.05, 0) is 24.6 Å². The van der Waals surface area contributed by atoms with Crippen LogP contribution in [0.15, 0.2) is 18.2 Å². The summed E-state index contributed by atoms with van der Waals surface area (Å²) in [6.07, 6.45) is 0. The van der Waals surface area contributed by atoms with Crippen LogP contribution in [-0.4, -0.2) is 38.6 Å². The van der Waals surface area contributed by atoms with Crippen LogP contribution in [0, 0.1) is 12.3 Å². The van der Waals surface area contributed by atoms with Crippen LogP contribution in [0.3, 0.4) is 0 Å². The average molecular weight is 358 g/mol. The van der Waals surface area contributed by atoms with Gasteiger partial charge in [-0.15, -0.1) is 12.4 Å². The Balaban J connectivity index is 0.00000529. The summed E-state index contributed by atoms with van der Waals surface area (Å²) < 4.78 is 4.91. The monoisotopic (exact) mass is 357 g/mol. The second kappa shape index (κ2) is 10.3. The number of amides is 2. The first-order valence-corrected chi connectivity index (χ1v) is 7.65. The van der Waals surface area contributed by atoms with Crippen LogP contribution in [0.5, 0.6) is 0 Å². The number of carbonyl (C=O) groups is 2. The highest BCUT2D eigenvalue weighted by Crippen LogP contribution is 2.22. The zero-order valence-electron chi connectivity index (χ0n) is 15.0. The van der Waals surface area contributed by atoms with E-state index in [2.05, 4.69) is 16.0 Å². The maximum Gasteiger partial charge on any atom is 0.238 e. The number of anilines is 2. The van der Waals surface area contributed by atoms with Gasteiger partial charge in [0.2, 0.25) is 11.8 Å². The Kier molecular flexibility index (Phi) is 9.58. The predicted octanol–water partition coefficient (Wildman–Crippen LogP) is 2.58. The average Bonchev–Trinajstić information content (AvgIpc) is 2.46. The Morgan fingerprint density at radius 2 is 1.83 bits per heavy atom. The molecular weight excluding hydrogens is 330 g/mol. The molecule has 1 aromatic carbocycles. The molecule has 0 atom stereocenters. The van der Waals surface area contributed by atoms with E-state index in [1.807, 2.05) is 39.8 Å². The van der Waals surface area contributed by atoms with E-state index in [9.17, 15) is 9.59 Å². The third kappa shape index (κ3) is 7.77. The van der Waals surface area contributed by atoms with Gasteiger partial charge in [-0.2, -0.15) is 0 Å². The minimum Gasteiger partial charge on any atom is -0.383 e. The van der Waals surface area contributed by atoms with Gasteiger partial charge in [0, 0.05) is 30.4 Å². The Morgan fingerprint density at radius 3 is 2.42 bits per heavy atom. The number of nitrogens with one attached hydrogen (secondary N) is 3. The molecule has 0 unspecified atom stereocenters. The summed E-state index contributed by atoms with van der Waals surface area (Å²) in [4.78, 5) is 24.0. The van der Waals surface area contributed by atoms with Crippen LogP contribution in [0.25, 0.3) is 0 Å². The molecule has 0 saturated carbocycles. The molecule has 2 amide bonds. The van der Waals surface area contributed by atoms with Gasteiger partial charge < -0.3 is 20.7 Å². The molecule has 0 fully saturated rings. The number of ether oxygens (including phenoxy) is 1. The van der Waals surface area contributed by atoms with E-state index in [1.165, 1.54) is 0 Å². The Labute approximate surface area is 150 Å². The summed E-state index contributed by atoms with van der Waals surface area (Å²) in [5.74, 6) is -0.205. The van der Waals surface area contributed by atoms with Gasteiger partial charge in [-0.1, -0.05) is 26.8 Å². The molecule has 1 rings (SSSR count). The van der Waals surface area contributed by atoms with Gasteiger partial charge in [0.15, 0.2) is 0 Å². The fraction of sp³-hybridized carbons (Fsp3) is 0.529. The first kappa shape index (κ1) is 22.4. The van der Waals surface area contributed by atoms with Gasteiger partial charge in [-0.25, -0.2) is 0 Å². The van der Waals surface area contributed by atoms with Gasteiger partial charge in [0.1, 0.15) is 0 Å². The fourth-order valence-corrected chi connectivity index (χ4v) is 1.72. The highest BCUT2D eigenvalue weighted by Gasteiger charge is 2.21. The lowest BCUT2D eigenvalue weighted by atomic mass is 9.95. The molecule has 1 aromatic rings. The van der Waals surface area contributed by atoms with E-state index in [4.69, 9.17) is 4.74 Å². The van der Waals surface area contributed by atoms with Crippen LogP contribution in [-0.2, 0) is 14.3 Å². The van der Waals surface area contributed by atoms with Crippen molar-refractivity contribution < 1.29 is 14.3 Å². The van der Waals surface area contributed by atoms with E-state index in [0.29, 0.717) is 24.5 Å². The zero-order chi connectivity index (χ0) is 17.5. The lowest BCUT2D eigenvalue weighted by molar-refractivity contribution is -0.123. The number of aryl methyl sites for hydroxylation is 1. The van der Waals surface area contributed by atoms with Crippen molar-refractivity contribution in [2.45, 2.75) is 27.7 Å². The molecule has 0 aliphatic rings. The van der Waals surface area contributed by atoms with Crippen LogP contribution < -0.4 is 16.0 Å². The number of carbonyl (C=O) groups excluding carboxylic acids is 2.